The van der Waals surface area contributed by atoms with Crippen LogP contribution in [-0.2, 0) is 6.42 Å². The van der Waals surface area contributed by atoms with Crippen LogP contribution in [0, 0.1) is 0 Å². The standard InChI is InChI=1S/C18H19Br2N/c19-16-5-1-3-13(10-16)9-15(12-21-18-7-8-18)14-4-2-6-17(20)11-14/h1-6,10-11,15,18,21H,7-9,12H2. The number of halogens is 2. The molecule has 1 unspecified atom stereocenters. The summed E-state index contributed by atoms with van der Waals surface area (Å²) >= 11 is 7.16. The van der Waals surface area contributed by atoms with Crippen LogP contribution in [0.2, 0.25) is 0 Å². The molecule has 0 heterocycles. The fourth-order valence-corrected chi connectivity index (χ4v) is 3.48. The van der Waals surface area contributed by atoms with E-state index in [1.54, 1.807) is 0 Å². The molecule has 2 aromatic carbocycles. The summed E-state index contributed by atoms with van der Waals surface area (Å²) in [5.41, 5.74) is 2.78. The number of benzene rings is 2. The molecule has 0 aromatic heterocycles. The third kappa shape index (κ3) is 4.67. The molecule has 0 bridgehead atoms. The highest BCUT2D eigenvalue weighted by Gasteiger charge is 2.22. The Morgan fingerprint density at radius 1 is 1.00 bits per heavy atom. The number of nitrogens with one attached hydrogen (secondary N) is 1. The molecule has 1 fully saturated rings. The zero-order valence-electron chi connectivity index (χ0n) is 11.9. The first-order chi connectivity index (χ1) is 10.2. The molecule has 1 saturated carbocycles. The van der Waals surface area contributed by atoms with Crippen LogP contribution in [0.25, 0.3) is 0 Å². The summed E-state index contributed by atoms with van der Waals surface area (Å²) in [4.78, 5) is 0. The molecule has 0 radical (unpaired) electrons. The van der Waals surface area contributed by atoms with Gasteiger partial charge in [0, 0.05) is 27.4 Å². The van der Waals surface area contributed by atoms with Crippen LogP contribution in [0.3, 0.4) is 0 Å². The van der Waals surface area contributed by atoms with Gasteiger partial charge in [0.05, 0.1) is 0 Å². The van der Waals surface area contributed by atoms with Crippen LogP contribution in [0.4, 0.5) is 0 Å². The van der Waals surface area contributed by atoms with Crippen molar-refractivity contribution >= 4 is 31.9 Å². The molecule has 1 nitrogen and oxygen atoms in total. The quantitative estimate of drug-likeness (QED) is 0.684. The lowest BCUT2D eigenvalue weighted by Crippen LogP contribution is -2.24. The fourth-order valence-electron chi connectivity index (χ4n) is 2.61. The van der Waals surface area contributed by atoms with Crippen molar-refractivity contribution in [3.63, 3.8) is 0 Å². The molecule has 0 aliphatic heterocycles. The lowest BCUT2D eigenvalue weighted by molar-refractivity contribution is 0.577. The van der Waals surface area contributed by atoms with Gasteiger partial charge in [-0.3, -0.25) is 0 Å². The highest BCUT2D eigenvalue weighted by molar-refractivity contribution is 9.10. The van der Waals surface area contributed by atoms with E-state index in [2.05, 4.69) is 85.7 Å². The topological polar surface area (TPSA) is 12.0 Å². The average molecular weight is 409 g/mol. The third-order valence-electron chi connectivity index (χ3n) is 3.92. The Bertz CT molecular complexity index is 608. The van der Waals surface area contributed by atoms with Gasteiger partial charge in [0.1, 0.15) is 0 Å². The van der Waals surface area contributed by atoms with Gasteiger partial charge in [0.25, 0.3) is 0 Å². The van der Waals surface area contributed by atoms with Gasteiger partial charge in [-0.1, -0.05) is 56.1 Å². The van der Waals surface area contributed by atoms with E-state index in [0.717, 1.165) is 28.0 Å². The number of rotatable bonds is 6. The van der Waals surface area contributed by atoms with E-state index in [9.17, 15) is 0 Å². The molecule has 0 spiro atoms. The van der Waals surface area contributed by atoms with Gasteiger partial charge in [-0.25, -0.2) is 0 Å². The van der Waals surface area contributed by atoms with Gasteiger partial charge in [0.15, 0.2) is 0 Å². The second-order valence-corrected chi connectivity index (χ2v) is 7.60. The maximum absolute atomic E-state index is 3.68. The maximum atomic E-state index is 3.68. The van der Waals surface area contributed by atoms with Crippen molar-refractivity contribution in [1.29, 1.82) is 0 Å². The van der Waals surface area contributed by atoms with Crippen LogP contribution in [0.5, 0.6) is 0 Å². The van der Waals surface area contributed by atoms with Gasteiger partial charge < -0.3 is 5.32 Å². The van der Waals surface area contributed by atoms with E-state index in [1.807, 2.05) is 0 Å². The Balaban J connectivity index is 1.77. The van der Waals surface area contributed by atoms with Crippen LogP contribution in [0.1, 0.15) is 29.9 Å². The molecule has 1 aliphatic rings. The van der Waals surface area contributed by atoms with E-state index in [-0.39, 0.29) is 0 Å². The van der Waals surface area contributed by atoms with Crippen molar-refractivity contribution in [2.24, 2.45) is 0 Å². The Kier molecular flexibility index (Phi) is 5.15. The molecule has 21 heavy (non-hydrogen) atoms. The summed E-state index contributed by atoms with van der Waals surface area (Å²) in [5.74, 6) is 0.511. The zero-order chi connectivity index (χ0) is 14.7. The molecule has 3 heteroatoms. The molecule has 0 saturated heterocycles. The van der Waals surface area contributed by atoms with Gasteiger partial charge in [-0.15, -0.1) is 0 Å². The van der Waals surface area contributed by atoms with E-state index in [0.29, 0.717) is 5.92 Å². The van der Waals surface area contributed by atoms with Crippen LogP contribution in [0.15, 0.2) is 57.5 Å². The maximum Gasteiger partial charge on any atom is 0.0178 e. The van der Waals surface area contributed by atoms with Crippen LogP contribution >= 0.6 is 31.9 Å². The molecule has 1 aliphatic carbocycles. The van der Waals surface area contributed by atoms with Crippen molar-refractivity contribution in [1.82, 2.24) is 5.32 Å². The first-order valence-corrected chi connectivity index (χ1v) is 9.02. The normalized spacial score (nSPS) is 15.9. The minimum atomic E-state index is 0.511. The molecule has 1 N–H and O–H groups in total. The first-order valence-electron chi connectivity index (χ1n) is 7.44. The number of hydrogen-bond acceptors (Lipinski definition) is 1. The Morgan fingerprint density at radius 3 is 2.38 bits per heavy atom. The van der Waals surface area contributed by atoms with Gasteiger partial charge in [0.2, 0.25) is 0 Å². The average Bonchev–Trinajstić information content (AvgIpc) is 3.27. The molecular weight excluding hydrogens is 390 g/mol. The summed E-state index contributed by atoms with van der Waals surface area (Å²) in [6, 6.07) is 18.1. The van der Waals surface area contributed by atoms with Crippen molar-refractivity contribution in [2.45, 2.75) is 31.2 Å². The van der Waals surface area contributed by atoms with Gasteiger partial charge in [-0.05, 0) is 54.7 Å². The molecule has 1 atom stereocenters. The molecule has 110 valence electrons. The van der Waals surface area contributed by atoms with Gasteiger partial charge >= 0.3 is 0 Å². The zero-order valence-corrected chi connectivity index (χ0v) is 15.0. The summed E-state index contributed by atoms with van der Waals surface area (Å²) in [5, 5.41) is 3.68. The Hall–Kier alpha value is -0.640. The third-order valence-corrected chi connectivity index (χ3v) is 4.91. The Labute approximate surface area is 143 Å². The van der Waals surface area contributed by atoms with E-state index in [1.165, 1.54) is 24.0 Å². The van der Waals surface area contributed by atoms with Gasteiger partial charge in [-0.2, -0.15) is 0 Å². The van der Waals surface area contributed by atoms with Crippen LogP contribution < -0.4 is 5.32 Å². The Morgan fingerprint density at radius 2 is 1.71 bits per heavy atom. The van der Waals surface area contributed by atoms with Crippen molar-refractivity contribution in [3.05, 3.63) is 68.6 Å². The molecule has 0 amide bonds. The van der Waals surface area contributed by atoms with Crippen molar-refractivity contribution in [2.75, 3.05) is 6.54 Å². The van der Waals surface area contributed by atoms with Crippen molar-refractivity contribution in [3.8, 4) is 0 Å². The SMILES string of the molecule is Brc1cccc(CC(CNC2CC2)c2cccc(Br)c2)c1. The summed E-state index contributed by atoms with van der Waals surface area (Å²) in [7, 11) is 0. The predicted octanol–water partition coefficient (Wildman–Crippen LogP) is 5.29. The monoisotopic (exact) mass is 407 g/mol. The van der Waals surface area contributed by atoms with Crippen LogP contribution in [-0.4, -0.2) is 12.6 Å². The fraction of sp³-hybridized carbons (Fsp3) is 0.333. The smallest absolute Gasteiger partial charge is 0.0178 e. The highest BCUT2D eigenvalue weighted by atomic mass is 79.9. The van der Waals surface area contributed by atoms with E-state index >= 15 is 0 Å². The van der Waals surface area contributed by atoms with E-state index < -0.39 is 0 Å². The number of hydrogen-bond donors (Lipinski definition) is 1. The first kappa shape index (κ1) is 15.3. The summed E-state index contributed by atoms with van der Waals surface area (Å²) in [6.07, 6.45) is 3.74. The predicted molar refractivity (Wildman–Crippen MR) is 95.8 cm³/mol. The van der Waals surface area contributed by atoms with E-state index in [4.69, 9.17) is 0 Å². The minimum absolute atomic E-state index is 0.511. The molecular formula is C18H19Br2N. The van der Waals surface area contributed by atoms with Crippen molar-refractivity contribution < 1.29 is 0 Å². The summed E-state index contributed by atoms with van der Waals surface area (Å²) < 4.78 is 2.31. The second kappa shape index (κ2) is 7.08. The lowest BCUT2D eigenvalue weighted by Gasteiger charge is -2.19. The molecule has 3 rings (SSSR count). The largest absolute Gasteiger partial charge is 0.313 e. The second-order valence-electron chi connectivity index (χ2n) is 5.77. The molecule has 2 aromatic rings. The summed E-state index contributed by atoms with van der Waals surface area (Å²) in [6.45, 7) is 1.05. The lowest BCUT2D eigenvalue weighted by atomic mass is 9.92. The minimum Gasteiger partial charge on any atom is -0.313 e. The highest BCUT2D eigenvalue weighted by Crippen LogP contribution is 2.26.